The summed E-state index contributed by atoms with van der Waals surface area (Å²) in [7, 11) is 0. The Balaban J connectivity index is 1.80. The molecule has 0 spiro atoms. The van der Waals surface area contributed by atoms with Gasteiger partial charge in [-0.15, -0.1) is 0 Å². The number of hydrogen-bond acceptors (Lipinski definition) is 4. The fourth-order valence-electron chi connectivity index (χ4n) is 2.30. The van der Waals surface area contributed by atoms with Crippen LogP contribution in [-0.4, -0.2) is 46.6 Å². The highest BCUT2D eigenvalue weighted by Crippen LogP contribution is 2.15. The molecule has 0 aliphatic carbocycles. The van der Waals surface area contributed by atoms with Crippen molar-refractivity contribution in [3.63, 3.8) is 0 Å². The van der Waals surface area contributed by atoms with E-state index >= 15 is 0 Å². The lowest BCUT2D eigenvalue weighted by Crippen LogP contribution is -2.47. The first-order chi connectivity index (χ1) is 10.3. The highest BCUT2D eigenvalue weighted by Gasteiger charge is 2.27. The zero-order valence-corrected chi connectivity index (χ0v) is 13.3. The average Bonchev–Trinajstić information content (AvgIpc) is 2.47. The van der Waals surface area contributed by atoms with Gasteiger partial charge in [0.2, 0.25) is 0 Å². The molecule has 2 rings (SSSR count). The van der Waals surface area contributed by atoms with Gasteiger partial charge in [-0.25, -0.2) is 4.79 Å². The van der Waals surface area contributed by atoms with E-state index in [1.165, 1.54) is 0 Å². The van der Waals surface area contributed by atoms with E-state index in [1.807, 2.05) is 20.8 Å². The van der Waals surface area contributed by atoms with Gasteiger partial charge in [-0.1, -0.05) is 0 Å². The molecule has 0 saturated carbocycles. The van der Waals surface area contributed by atoms with Gasteiger partial charge in [0.1, 0.15) is 5.60 Å². The van der Waals surface area contributed by atoms with Gasteiger partial charge in [-0.05, 0) is 45.7 Å². The highest BCUT2D eigenvalue weighted by atomic mass is 16.6. The summed E-state index contributed by atoms with van der Waals surface area (Å²) in [5.41, 5.74) is 0.119. The van der Waals surface area contributed by atoms with Crippen LogP contribution < -0.4 is 5.32 Å². The second-order valence-corrected chi connectivity index (χ2v) is 6.45. The minimum Gasteiger partial charge on any atom is -0.444 e. The Morgan fingerprint density at radius 3 is 2.36 bits per heavy atom. The fraction of sp³-hybridized carbons (Fsp3) is 0.562. The normalized spacial score (nSPS) is 16.2. The second kappa shape index (κ2) is 6.77. The summed E-state index contributed by atoms with van der Waals surface area (Å²) < 4.78 is 5.36. The number of rotatable bonds is 2. The van der Waals surface area contributed by atoms with Crippen molar-refractivity contribution < 1.29 is 14.3 Å². The number of aromatic nitrogens is 1. The molecular weight excluding hydrogens is 282 g/mol. The molecule has 22 heavy (non-hydrogen) atoms. The molecule has 1 N–H and O–H groups in total. The van der Waals surface area contributed by atoms with Crippen molar-refractivity contribution in [1.29, 1.82) is 0 Å². The monoisotopic (exact) mass is 305 g/mol. The molecule has 0 aromatic carbocycles. The van der Waals surface area contributed by atoms with Gasteiger partial charge in [0.15, 0.2) is 0 Å². The predicted molar refractivity (Wildman–Crippen MR) is 82.5 cm³/mol. The maximum Gasteiger partial charge on any atom is 0.410 e. The maximum atomic E-state index is 12.1. The third kappa shape index (κ3) is 4.72. The van der Waals surface area contributed by atoms with Crippen LogP contribution in [0.5, 0.6) is 0 Å². The summed E-state index contributed by atoms with van der Waals surface area (Å²) >= 11 is 0. The molecule has 1 aliphatic heterocycles. The summed E-state index contributed by atoms with van der Waals surface area (Å²) in [6.45, 7) is 6.75. The van der Waals surface area contributed by atoms with Crippen LogP contribution in [0.15, 0.2) is 24.5 Å². The number of pyridine rings is 1. The van der Waals surface area contributed by atoms with Gasteiger partial charge < -0.3 is 15.0 Å². The molecule has 6 nitrogen and oxygen atoms in total. The van der Waals surface area contributed by atoms with E-state index in [2.05, 4.69) is 10.3 Å². The summed E-state index contributed by atoms with van der Waals surface area (Å²) in [5.74, 6) is -0.0990. The molecule has 0 atom stereocenters. The minimum absolute atomic E-state index is 0.0827. The molecule has 1 aliphatic rings. The lowest BCUT2D eigenvalue weighted by atomic mass is 10.0. The fourth-order valence-corrected chi connectivity index (χ4v) is 2.30. The Bertz CT molecular complexity index is 517. The van der Waals surface area contributed by atoms with Crippen molar-refractivity contribution in [1.82, 2.24) is 15.2 Å². The first-order valence-corrected chi connectivity index (χ1v) is 7.54. The van der Waals surface area contributed by atoms with E-state index in [9.17, 15) is 9.59 Å². The van der Waals surface area contributed by atoms with E-state index < -0.39 is 5.60 Å². The number of ether oxygens (including phenoxy) is 1. The molecule has 2 amide bonds. The van der Waals surface area contributed by atoms with Crippen LogP contribution >= 0.6 is 0 Å². The number of piperidine rings is 1. The van der Waals surface area contributed by atoms with E-state index in [0.29, 0.717) is 18.7 Å². The Kier molecular flexibility index (Phi) is 5.00. The van der Waals surface area contributed by atoms with Gasteiger partial charge in [-0.3, -0.25) is 9.78 Å². The largest absolute Gasteiger partial charge is 0.444 e. The second-order valence-electron chi connectivity index (χ2n) is 6.45. The standard InChI is InChI=1S/C16H23N3O3/c1-16(2,3)22-15(21)19-10-6-13(7-11-19)18-14(20)12-4-8-17-9-5-12/h4-5,8-9,13H,6-7,10-11H2,1-3H3,(H,18,20). The number of carbonyl (C=O) groups excluding carboxylic acids is 2. The molecule has 1 saturated heterocycles. The van der Waals surface area contributed by atoms with Crippen molar-refractivity contribution in [2.45, 2.75) is 45.3 Å². The quantitative estimate of drug-likeness (QED) is 0.909. The number of nitrogens with one attached hydrogen (secondary N) is 1. The third-order valence-electron chi connectivity index (χ3n) is 3.42. The van der Waals surface area contributed by atoms with Crippen molar-refractivity contribution in [3.8, 4) is 0 Å². The van der Waals surface area contributed by atoms with E-state index in [1.54, 1.807) is 29.4 Å². The van der Waals surface area contributed by atoms with Crippen LogP contribution in [0.1, 0.15) is 44.0 Å². The molecule has 120 valence electrons. The minimum atomic E-state index is -0.483. The average molecular weight is 305 g/mol. The van der Waals surface area contributed by atoms with Crippen LogP contribution in [0.2, 0.25) is 0 Å². The predicted octanol–water partition coefficient (Wildman–Crippen LogP) is 2.21. The summed E-state index contributed by atoms with van der Waals surface area (Å²) in [4.78, 5) is 29.6. The first kappa shape index (κ1) is 16.3. The van der Waals surface area contributed by atoms with Crippen molar-refractivity contribution in [2.75, 3.05) is 13.1 Å². The summed E-state index contributed by atoms with van der Waals surface area (Å²) in [6.07, 6.45) is 4.37. The van der Waals surface area contributed by atoms with Crippen molar-refractivity contribution in [2.24, 2.45) is 0 Å². The topological polar surface area (TPSA) is 71.5 Å². The van der Waals surface area contributed by atoms with Crippen LogP contribution in [0.4, 0.5) is 4.79 Å². The number of likely N-dealkylation sites (tertiary alicyclic amines) is 1. The Labute approximate surface area is 130 Å². The van der Waals surface area contributed by atoms with Gasteiger partial charge >= 0.3 is 6.09 Å². The highest BCUT2D eigenvalue weighted by molar-refractivity contribution is 5.94. The van der Waals surface area contributed by atoms with Gasteiger partial charge in [0, 0.05) is 37.1 Å². The molecule has 0 unspecified atom stereocenters. The lowest BCUT2D eigenvalue weighted by molar-refractivity contribution is 0.0199. The Hall–Kier alpha value is -2.11. The number of amides is 2. The number of hydrogen-bond donors (Lipinski definition) is 1. The van der Waals surface area contributed by atoms with E-state index in [0.717, 1.165) is 12.8 Å². The van der Waals surface area contributed by atoms with Crippen LogP contribution in [0, 0.1) is 0 Å². The van der Waals surface area contributed by atoms with Gasteiger partial charge in [0.05, 0.1) is 0 Å². The SMILES string of the molecule is CC(C)(C)OC(=O)N1CCC(NC(=O)c2ccncc2)CC1. The molecule has 1 aromatic rings. The summed E-state index contributed by atoms with van der Waals surface area (Å²) in [5, 5.41) is 3.00. The number of carbonyl (C=O) groups is 2. The molecule has 0 bridgehead atoms. The zero-order valence-electron chi connectivity index (χ0n) is 13.3. The van der Waals surface area contributed by atoms with Crippen molar-refractivity contribution in [3.05, 3.63) is 30.1 Å². The lowest BCUT2D eigenvalue weighted by Gasteiger charge is -2.33. The molecule has 6 heteroatoms. The van der Waals surface area contributed by atoms with Gasteiger partial charge in [0.25, 0.3) is 5.91 Å². The van der Waals surface area contributed by atoms with Crippen LogP contribution in [-0.2, 0) is 4.74 Å². The number of nitrogens with zero attached hydrogens (tertiary/aromatic N) is 2. The Morgan fingerprint density at radius 2 is 1.82 bits per heavy atom. The molecule has 1 aromatic heterocycles. The molecule has 0 radical (unpaired) electrons. The summed E-state index contributed by atoms with van der Waals surface area (Å²) in [6, 6.07) is 3.45. The molecule has 2 heterocycles. The van der Waals surface area contributed by atoms with Crippen molar-refractivity contribution >= 4 is 12.0 Å². The van der Waals surface area contributed by atoms with Crippen LogP contribution in [0.3, 0.4) is 0 Å². The zero-order chi connectivity index (χ0) is 16.2. The smallest absolute Gasteiger partial charge is 0.410 e. The third-order valence-corrected chi connectivity index (χ3v) is 3.42. The van der Waals surface area contributed by atoms with E-state index in [4.69, 9.17) is 4.74 Å². The maximum absolute atomic E-state index is 12.1. The first-order valence-electron chi connectivity index (χ1n) is 7.54. The molecular formula is C16H23N3O3. The molecule has 1 fully saturated rings. The van der Waals surface area contributed by atoms with E-state index in [-0.39, 0.29) is 18.0 Å². The van der Waals surface area contributed by atoms with Gasteiger partial charge in [-0.2, -0.15) is 0 Å². The Morgan fingerprint density at radius 1 is 1.23 bits per heavy atom. The van der Waals surface area contributed by atoms with Crippen LogP contribution in [0.25, 0.3) is 0 Å².